The summed E-state index contributed by atoms with van der Waals surface area (Å²) < 4.78 is 5.32. The van der Waals surface area contributed by atoms with Gasteiger partial charge < -0.3 is 15.2 Å². The molecule has 0 atom stereocenters. The van der Waals surface area contributed by atoms with E-state index in [0.717, 1.165) is 11.3 Å². The summed E-state index contributed by atoms with van der Waals surface area (Å²) in [6.07, 6.45) is 4.80. The number of ether oxygens (including phenoxy) is 1. The molecule has 7 heteroatoms. The van der Waals surface area contributed by atoms with Crippen LogP contribution in [-0.2, 0) is 0 Å². The van der Waals surface area contributed by atoms with E-state index >= 15 is 0 Å². The monoisotopic (exact) mass is 333 g/mol. The van der Waals surface area contributed by atoms with E-state index in [1.807, 2.05) is 18.2 Å². The molecule has 25 heavy (non-hydrogen) atoms. The molecule has 3 rings (SSSR count). The number of aliphatic hydroxyl groups is 1. The first-order valence-electron chi connectivity index (χ1n) is 7.58. The van der Waals surface area contributed by atoms with Gasteiger partial charge in [0.15, 0.2) is 0 Å². The molecule has 0 spiro atoms. The fraction of sp³-hybridized carbons (Fsp3) is 0.111. The Morgan fingerprint density at radius 3 is 2.68 bits per heavy atom. The zero-order valence-corrected chi connectivity index (χ0v) is 13.3. The predicted molar refractivity (Wildman–Crippen MR) is 92.3 cm³/mol. The molecule has 0 radical (unpaired) electrons. The second-order valence-electron chi connectivity index (χ2n) is 5.03. The van der Waals surface area contributed by atoms with E-state index in [-0.39, 0.29) is 13.2 Å². The Morgan fingerprint density at radius 2 is 2.00 bits per heavy atom. The minimum absolute atomic E-state index is 0.0315. The zero-order chi connectivity index (χ0) is 17.5. The Labute approximate surface area is 144 Å². The molecule has 0 amide bonds. The van der Waals surface area contributed by atoms with Crippen LogP contribution in [0.4, 0.5) is 11.6 Å². The van der Waals surface area contributed by atoms with Crippen LogP contribution in [0, 0.1) is 11.3 Å². The quantitative estimate of drug-likeness (QED) is 0.714. The van der Waals surface area contributed by atoms with Gasteiger partial charge in [-0.3, -0.25) is 4.98 Å². The maximum atomic E-state index is 9.26. The molecule has 1 aromatic carbocycles. The maximum absolute atomic E-state index is 9.26. The SMILES string of the molecule is N#Cc1cnc(Nc2ccc(OCCO)cc2)nc1-c1cccnc1. The standard InChI is InChI=1S/C18H15N5O2/c19-10-14-12-21-18(23-17(14)13-2-1-7-20-11-13)22-15-3-5-16(6-4-15)25-9-8-24/h1-7,11-12,24H,8-9H2,(H,21,22,23). The van der Waals surface area contributed by atoms with E-state index in [9.17, 15) is 5.26 Å². The van der Waals surface area contributed by atoms with Crippen molar-refractivity contribution >= 4 is 11.6 Å². The van der Waals surface area contributed by atoms with Crippen molar-refractivity contribution in [2.75, 3.05) is 18.5 Å². The van der Waals surface area contributed by atoms with Crippen molar-refractivity contribution in [3.63, 3.8) is 0 Å². The molecule has 0 saturated carbocycles. The third-order valence-corrected chi connectivity index (χ3v) is 3.31. The summed E-state index contributed by atoms with van der Waals surface area (Å²) in [5, 5.41) is 21.1. The highest BCUT2D eigenvalue weighted by atomic mass is 16.5. The second kappa shape index (κ2) is 7.86. The van der Waals surface area contributed by atoms with Crippen molar-refractivity contribution < 1.29 is 9.84 Å². The molecule has 2 aromatic heterocycles. The highest BCUT2D eigenvalue weighted by Crippen LogP contribution is 2.23. The van der Waals surface area contributed by atoms with Crippen LogP contribution in [0.3, 0.4) is 0 Å². The van der Waals surface area contributed by atoms with Crippen LogP contribution in [0.15, 0.2) is 55.0 Å². The fourth-order valence-corrected chi connectivity index (χ4v) is 2.17. The molecule has 2 heterocycles. The number of anilines is 2. The topological polar surface area (TPSA) is 104 Å². The molecule has 0 aliphatic carbocycles. The van der Waals surface area contributed by atoms with Crippen LogP contribution in [0.2, 0.25) is 0 Å². The smallest absolute Gasteiger partial charge is 0.227 e. The van der Waals surface area contributed by atoms with Crippen LogP contribution in [-0.4, -0.2) is 33.3 Å². The first kappa shape index (κ1) is 16.4. The lowest BCUT2D eigenvalue weighted by Gasteiger charge is -2.09. The van der Waals surface area contributed by atoms with Crippen LogP contribution >= 0.6 is 0 Å². The second-order valence-corrected chi connectivity index (χ2v) is 5.03. The average molecular weight is 333 g/mol. The third kappa shape index (κ3) is 4.07. The molecule has 0 bridgehead atoms. The molecule has 0 saturated heterocycles. The van der Waals surface area contributed by atoms with E-state index in [2.05, 4.69) is 26.3 Å². The van der Waals surface area contributed by atoms with Crippen molar-refractivity contribution in [1.29, 1.82) is 5.26 Å². The molecule has 7 nitrogen and oxygen atoms in total. The van der Waals surface area contributed by atoms with Crippen molar-refractivity contribution in [2.24, 2.45) is 0 Å². The fourth-order valence-electron chi connectivity index (χ4n) is 2.17. The van der Waals surface area contributed by atoms with Gasteiger partial charge in [-0.05, 0) is 36.4 Å². The van der Waals surface area contributed by atoms with Crippen LogP contribution in [0.5, 0.6) is 5.75 Å². The summed E-state index contributed by atoms with van der Waals surface area (Å²) in [7, 11) is 0. The van der Waals surface area contributed by atoms with E-state index in [1.54, 1.807) is 30.6 Å². The van der Waals surface area contributed by atoms with Gasteiger partial charge in [0.1, 0.15) is 18.4 Å². The number of pyridine rings is 1. The number of hydrogen-bond acceptors (Lipinski definition) is 7. The number of aliphatic hydroxyl groups excluding tert-OH is 1. The van der Waals surface area contributed by atoms with Gasteiger partial charge in [-0.1, -0.05) is 0 Å². The lowest BCUT2D eigenvalue weighted by atomic mass is 10.1. The van der Waals surface area contributed by atoms with Crippen molar-refractivity contribution in [1.82, 2.24) is 15.0 Å². The molecule has 124 valence electrons. The molecule has 2 N–H and O–H groups in total. The number of hydrogen-bond donors (Lipinski definition) is 2. The first-order chi connectivity index (χ1) is 12.3. The summed E-state index contributed by atoms with van der Waals surface area (Å²) in [6.45, 7) is 0.218. The molecule has 0 aliphatic rings. The molecule has 0 fully saturated rings. The zero-order valence-electron chi connectivity index (χ0n) is 13.3. The van der Waals surface area contributed by atoms with Gasteiger partial charge in [-0.25, -0.2) is 9.97 Å². The molecule has 0 unspecified atom stereocenters. The van der Waals surface area contributed by atoms with Crippen LogP contribution in [0.25, 0.3) is 11.3 Å². The summed E-state index contributed by atoms with van der Waals surface area (Å²) in [4.78, 5) is 12.7. The number of rotatable bonds is 6. The van der Waals surface area contributed by atoms with Crippen LogP contribution in [0.1, 0.15) is 5.56 Å². The number of benzene rings is 1. The van der Waals surface area contributed by atoms with Gasteiger partial charge in [0, 0.05) is 23.6 Å². The number of aromatic nitrogens is 3. The minimum Gasteiger partial charge on any atom is -0.491 e. The number of nitrogens with zero attached hydrogens (tertiary/aromatic N) is 4. The summed E-state index contributed by atoms with van der Waals surface area (Å²) in [5.41, 5.74) is 2.43. The lowest BCUT2D eigenvalue weighted by Crippen LogP contribution is -2.02. The minimum atomic E-state index is -0.0315. The highest BCUT2D eigenvalue weighted by Gasteiger charge is 2.10. The van der Waals surface area contributed by atoms with Gasteiger partial charge in [0.25, 0.3) is 0 Å². The highest BCUT2D eigenvalue weighted by molar-refractivity contribution is 5.67. The Balaban J connectivity index is 1.83. The molecule has 0 aliphatic heterocycles. The number of nitriles is 1. The van der Waals surface area contributed by atoms with Crippen molar-refractivity contribution in [2.45, 2.75) is 0 Å². The Hall–Kier alpha value is -3.50. The van der Waals surface area contributed by atoms with Gasteiger partial charge >= 0.3 is 0 Å². The van der Waals surface area contributed by atoms with E-state index < -0.39 is 0 Å². The van der Waals surface area contributed by atoms with Gasteiger partial charge in [0.2, 0.25) is 5.95 Å². The van der Waals surface area contributed by atoms with E-state index in [0.29, 0.717) is 23.0 Å². The molecular formula is C18H15N5O2. The van der Waals surface area contributed by atoms with Gasteiger partial charge in [0.05, 0.1) is 24.1 Å². The first-order valence-corrected chi connectivity index (χ1v) is 7.58. The largest absolute Gasteiger partial charge is 0.491 e. The Bertz CT molecular complexity index is 876. The molecule has 3 aromatic rings. The van der Waals surface area contributed by atoms with E-state index in [4.69, 9.17) is 9.84 Å². The third-order valence-electron chi connectivity index (χ3n) is 3.31. The Morgan fingerprint density at radius 1 is 1.16 bits per heavy atom. The number of nitrogens with one attached hydrogen (secondary N) is 1. The van der Waals surface area contributed by atoms with Gasteiger partial charge in [-0.15, -0.1) is 0 Å². The van der Waals surface area contributed by atoms with Crippen molar-refractivity contribution in [3.05, 3.63) is 60.6 Å². The van der Waals surface area contributed by atoms with E-state index in [1.165, 1.54) is 6.20 Å². The van der Waals surface area contributed by atoms with Gasteiger partial charge in [-0.2, -0.15) is 5.26 Å². The lowest BCUT2D eigenvalue weighted by molar-refractivity contribution is 0.201. The summed E-state index contributed by atoms with van der Waals surface area (Å²) in [6, 6.07) is 12.9. The summed E-state index contributed by atoms with van der Waals surface area (Å²) in [5.74, 6) is 1.04. The predicted octanol–water partition coefficient (Wildman–Crippen LogP) is 2.52. The maximum Gasteiger partial charge on any atom is 0.227 e. The van der Waals surface area contributed by atoms with Crippen LogP contribution < -0.4 is 10.1 Å². The average Bonchev–Trinajstić information content (AvgIpc) is 2.68. The van der Waals surface area contributed by atoms with Crippen molar-refractivity contribution in [3.8, 4) is 23.1 Å². The Kier molecular flexibility index (Phi) is 5.14. The normalized spacial score (nSPS) is 10.1. The molecular weight excluding hydrogens is 318 g/mol. The summed E-state index contributed by atoms with van der Waals surface area (Å²) >= 11 is 0.